The molecule has 8 heteroatoms. The Balaban J connectivity index is 1.77. The third-order valence-electron chi connectivity index (χ3n) is 4.37. The largest absolute Gasteiger partial charge is 0.354 e. The summed E-state index contributed by atoms with van der Waals surface area (Å²) in [6, 6.07) is 8.65. The fourth-order valence-electron chi connectivity index (χ4n) is 3.08. The van der Waals surface area contributed by atoms with Crippen LogP contribution in [-0.4, -0.2) is 48.3 Å². The molecule has 1 saturated heterocycles. The molecule has 1 aromatic carbocycles. The number of nitrogens with zero attached hydrogens (tertiary/aromatic N) is 2. The lowest BCUT2D eigenvalue weighted by Gasteiger charge is -2.27. The highest BCUT2D eigenvalue weighted by Gasteiger charge is 2.34. The maximum absolute atomic E-state index is 12.9. The third kappa shape index (κ3) is 4.34. The molecule has 2 heterocycles. The number of pyridine rings is 1. The van der Waals surface area contributed by atoms with Gasteiger partial charge in [0, 0.05) is 29.5 Å². The van der Waals surface area contributed by atoms with E-state index in [4.69, 9.17) is 11.6 Å². The fourth-order valence-corrected chi connectivity index (χ4v) is 4.94. The van der Waals surface area contributed by atoms with Gasteiger partial charge in [-0.05, 0) is 43.7 Å². The second-order valence-corrected chi connectivity index (χ2v) is 8.91. The van der Waals surface area contributed by atoms with Gasteiger partial charge in [-0.15, -0.1) is 0 Å². The molecule has 1 aromatic heterocycles. The van der Waals surface area contributed by atoms with Gasteiger partial charge in [0.1, 0.15) is 0 Å². The van der Waals surface area contributed by atoms with Crippen LogP contribution in [0.4, 0.5) is 11.4 Å². The van der Waals surface area contributed by atoms with Gasteiger partial charge in [0.2, 0.25) is 0 Å². The van der Waals surface area contributed by atoms with E-state index in [-0.39, 0.29) is 23.5 Å². The Kier molecular flexibility index (Phi) is 5.48. The number of anilines is 2. The van der Waals surface area contributed by atoms with Crippen molar-refractivity contribution in [2.45, 2.75) is 19.4 Å². The van der Waals surface area contributed by atoms with Gasteiger partial charge in [-0.25, -0.2) is 8.42 Å². The first-order valence-electron chi connectivity index (χ1n) is 8.37. The zero-order valence-electron chi connectivity index (χ0n) is 14.4. The molecule has 6 nitrogen and oxygen atoms in total. The molecule has 1 aliphatic heterocycles. The Hall–Kier alpha value is -2.12. The van der Waals surface area contributed by atoms with E-state index in [1.165, 1.54) is 6.20 Å². The standard InChI is InChI=1S/C18H20ClN3O3S/c1-2-22(17-7-8-26(24,25)12-17)18(23)13-9-16(11-20-10-13)21-15-5-3-14(19)4-6-15/h3-6,9-11,17,21H,2,7-8,12H2,1H3. The van der Waals surface area contributed by atoms with Crippen molar-refractivity contribution in [3.05, 3.63) is 53.3 Å². The first-order valence-corrected chi connectivity index (χ1v) is 10.6. The van der Waals surface area contributed by atoms with Crippen LogP contribution in [0.1, 0.15) is 23.7 Å². The number of hydrogen-bond acceptors (Lipinski definition) is 5. The lowest BCUT2D eigenvalue weighted by atomic mass is 10.1. The molecule has 1 N–H and O–H groups in total. The summed E-state index contributed by atoms with van der Waals surface area (Å²) in [5, 5.41) is 3.82. The first-order chi connectivity index (χ1) is 12.4. The van der Waals surface area contributed by atoms with Crippen LogP contribution in [-0.2, 0) is 9.84 Å². The second kappa shape index (κ2) is 7.63. The van der Waals surface area contributed by atoms with E-state index in [2.05, 4.69) is 10.3 Å². The molecule has 26 heavy (non-hydrogen) atoms. The Morgan fingerprint density at radius 3 is 2.62 bits per heavy atom. The number of halogens is 1. The molecule has 2 aromatic rings. The SMILES string of the molecule is CCN(C(=O)c1cncc(Nc2ccc(Cl)cc2)c1)C1CCS(=O)(=O)C1. The van der Waals surface area contributed by atoms with Gasteiger partial charge in [-0.1, -0.05) is 11.6 Å². The predicted molar refractivity (Wildman–Crippen MR) is 103 cm³/mol. The molecule has 0 aliphatic carbocycles. The molecule has 0 bridgehead atoms. The van der Waals surface area contributed by atoms with Crippen LogP contribution in [0.15, 0.2) is 42.7 Å². The van der Waals surface area contributed by atoms with Crippen LogP contribution >= 0.6 is 11.6 Å². The first kappa shape index (κ1) is 18.7. The summed E-state index contributed by atoms with van der Waals surface area (Å²) in [5.41, 5.74) is 1.93. The zero-order chi connectivity index (χ0) is 18.7. The van der Waals surface area contributed by atoms with Crippen molar-refractivity contribution in [2.75, 3.05) is 23.4 Å². The summed E-state index contributed by atoms with van der Waals surface area (Å²) in [6.45, 7) is 2.31. The molecule has 1 atom stereocenters. The zero-order valence-corrected chi connectivity index (χ0v) is 15.9. The van der Waals surface area contributed by atoms with Gasteiger partial charge in [-0.2, -0.15) is 0 Å². The van der Waals surface area contributed by atoms with Crippen molar-refractivity contribution in [3.8, 4) is 0 Å². The van der Waals surface area contributed by atoms with Gasteiger partial charge in [0.15, 0.2) is 9.84 Å². The summed E-state index contributed by atoms with van der Waals surface area (Å²) < 4.78 is 23.5. The maximum atomic E-state index is 12.9. The molecule has 0 spiro atoms. The van der Waals surface area contributed by atoms with E-state index in [1.54, 1.807) is 29.3 Å². The highest BCUT2D eigenvalue weighted by molar-refractivity contribution is 7.91. The van der Waals surface area contributed by atoms with Crippen LogP contribution in [0.3, 0.4) is 0 Å². The highest BCUT2D eigenvalue weighted by Crippen LogP contribution is 2.22. The van der Waals surface area contributed by atoms with Crippen molar-refractivity contribution < 1.29 is 13.2 Å². The van der Waals surface area contributed by atoms with E-state index in [1.807, 2.05) is 19.1 Å². The number of benzene rings is 1. The van der Waals surface area contributed by atoms with Gasteiger partial charge in [-0.3, -0.25) is 9.78 Å². The average molecular weight is 394 g/mol. The van der Waals surface area contributed by atoms with Gasteiger partial charge < -0.3 is 10.2 Å². The summed E-state index contributed by atoms with van der Waals surface area (Å²) in [4.78, 5) is 18.6. The quantitative estimate of drug-likeness (QED) is 0.844. The number of carbonyl (C=O) groups is 1. The summed E-state index contributed by atoms with van der Waals surface area (Å²) in [7, 11) is -3.05. The number of sulfone groups is 1. The number of carbonyl (C=O) groups excluding carboxylic acids is 1. The molecule has 1 amide bonds. The minimum absolute atomic E-state index is 0.0305. The van der Waals surface area contributed by atoms with Crippen LogP contribution in [0.25, 0.3) is 0 Å². The number of hydrogen-bond donors (Lipinski definition) is 1. The molecule has 138 valence electrons. The average Bonchev–Trinajstić information content (AvgIpc) is 2.97. The monoisotopic (exact) mass is 393 g/mol. The molecule has 3 rings (SSSR count). The minimum Gasteiger partial charge on any atom is -0.354 e. The molecule has 0 saturated carbocycles. The number of rotatable bonds is 5. The van der Waals surface area contributed by atoms with Gasteiger partial charge >= 0.3 is 0 Å². The minimum atomic E-state index is -3.05. The van der Waals surface area contributed by atoms with E-state index >= 15 is 0 Å². The summed E-state index contributed by atoms with van der Waals surface area (Å²) in [6.07, 6.45) is 3.61. The van der Waals surface area contributed by atoms with Crippen molar-refractivity contribution in [3.63, 3.8) is 0 Å². The highest BCUT2D eigenvalue weighted by atomic mass is 35.5. The van der Waals surface area contributed by atoms with Crippen LogP contribution < -0.4 is 5.32 Å². The normalized spacial score (nSPS) is 18.5. The van der Waals surface area contributed by atoms with E-state index in [0.717, 1.165) is 5.69 Å². The molecule has 0 radical (unpaired) electrons. The lowest BCUT2D eigenvalue weighted by molar-refractivity contribution is 0.0708. The van der Waals surface area contributed by atoms with Crippen molar-refractivity contribution >= 4 is 38.7 Å². The Morgan fingerprint density at radius 1 is 1.27 bits per heavy atom. The Morgan fingerprint density at radius 2 is 2.00 bits per heavy atom. The Labute approximate surface area is 158 Å². The topological polar surface area (TPSA) is 79.4 Å². The van der Waals surface area contributed by atoms with Crippen molar-refractivity contribution in [2.24, 2.45) is 0 Å². The molecular weight excluding hydrogens is 374 g/mol. The van der Waals surface area contributed by atoms with Gasteiger partial charge in [0.05, 0.1) is 29.0 Å². The second-order valence-electron chi connectivity index (χ2n) is 6.24. The van der Waals surface area contributed by atoms with E-state index < -0.39 is 9.84 Å². The number of aromatic nitrogens is 1. The van der Waals surface area contributed by atoms with Crippen LogP contribution in [0.2, 0.25) is 5.02 Å². The molecular formula is C18H20ClN3O3S. The lowest BCUT2D eigenvalue weighted by Crippen LogP contribution is -2.41. The molecule has 1 unspecified atom stereocenters. The summed E-state index contributed by atoms with van der Waals surface area (Å²) >= 11 is 5.88. The molecule has 1 fully saturated rings. The fraction of sp³-hybridized carbons (Fsp3) is 0.333. The van der Waals surface area contributed by atoms with Crippen molar-refractivity contribution in [1.29, 1.82) is 0 Å². The molecule has 1 aliphatic rings. The van der Waals surface area contributed by atoms with Crippen molar-refractivity contribution in [1.82, 2.24) is 9.88 Å². The third-order valence-corrected chi connectivity index (χ3v) is 6.37. The predicted octanol–water partition coefficient (Wildman–Crippen LogP) is 3.13. The number of nitrogens with one attached hydrogen (secondary N) is 1. The van der Waals surface area contributed by atoms with Crippen LogP contribution in [0.5, 0.6) is 0 Å². The van der Waals surface area contributed by atoms with E-state index in [9.17, 15) is 13.2 Å². The summed E-state index contributed by atoms with van der Waals surface area (Å²) in [5.74, 6) is -0.0394. The smallest absolute Gasteiger partial charge is 0.255 e. The maximum Gasteiger partial charge on any atom is 0.255 e. The number of amides is 1. The van der Waals surface area contributed by atoms with Gasteiger partial charge in [0.25, 0.3) is 5.91 Å². The van der Waals surface area contributed by atoms with E-state index in [0.29, 0.717) is 29.2 Å². The van der Waals surface area contributed by atoms with Crippen LogP contribution in [0, 0.1) is 0 Å². The Bertz CT molecular complexity index is 900.